The average Bonchev–Trinajstić information content (AvgIpc) is 2.76. The van der Waals surface area contributed by atoms with E-state index in [1.165, 1.54) is 5.39 Å². The summed E-state index contributed by atoms with van der Waals surface area (Å²) in [6.07, 6.45) is 2.51. The minimum Gasteiger partial charge on any atom is -0.489 e. The molecular weight excluding hydrogens is 364 g/mol. The first kappa shape index (κ1) is 18.9. The minimum absolute atomic E-state index is 0.181. The van der Waals surface area contributed by atoms with Crippen LogP contribution in [0, 0.1) is 0 Å². The van der Waals surface area contributed by atoms with Gasteiger partial charge in [0.1, 0.15) is 18.1 Å². The largest absolute Gasteiger partial charge is 0.489 e. The summed E-state index contributed by atoms with van der Waals surface area (Å²) in [5.41, 5.74) is 4.79. The van der Waals surface area contributed by atoms with Gasteiger partial charge in [-0.3, -0.25) is 9.59 Å². The van der Waals surface area contributed by atoms with Gasteiger partial charge in [0.2, 0.25) is 0 Å². The number of hydrazone groups is 1. The Morgan fingerprint density at radius 1 is 0.966 bits per heavy atom. The number of benzene rings is 3. The van der Waals surface area contributed by atoms with Crippen LogP contribution in [0.1, 0.15) is 41.6 Å². The predicted octanol–water partition coefficient (Wildman–Crippen LogP) is 4.65. The standard InChI is InChI=1S/C24H22N2O3/c27-22-7-3-6-21(15-22)25-26-24(28)19-10-8-17(9-11-19)16-29-23-13-12-18-4-1-2-5-20(18)14-23/h1-2,4-5,8-14H,3,6-7,15-16H2,(H,26,28). The molecule has 1 fully saturated rings. The van der Waals surface area contributed by atoms with Gasteiger partial charge in [0, 0.05) is 24.1 Å². The first-order valence-corrected chi connectivity index (χ1v) is 9.75. The predicted molar refractivity (Wildman–Crippen MR) is 113 cm³/mol. The van der Waals surface area contributed by atoms with Crippen LogP contribution in [-0.2, 0) is 11.4 Å². The van der Waals surface area contributed by atoms with Gasteiger partial charge in [-0.05, 0) is 53.4 Å². The van der Waals surface area contributed by atoms with Gasteiger partial charge in [0.15, 0.2) is 0 Å². The van der Waals surface area contributed by atoms with Gasteiger partial charge in [-0.25, -0.2) is 5.43 Å². The highest BCUT2D eigenvalue weighted by molar-refractivity contribution is 6.04. The third kappa shape index (κ3) is 4.88. The van der Waals surface area contributed by atoms with Crippen LogP contribution < -0.4 is 10.2 Å². The second-order valence-electron chi connectivity index (χ2n) is 7.18. The van der Waals surface area contributed by atoms with Gasteiger partial charge in [0.05, 0.1) is 0 Å². The number of hydrogen-bond donors (Lipinski definition) is 1. The number of Topliss-reactive ketones (excluding diaryl/α,β-unsaturated/α-hetero) is 1. The summed E-state index contributed by atoms with van der Waals surface area (Å²) in [4.78, 5) is 23.7. The molecule has 4 rings (SSSR count). The van der Waals surface area contributed by atoms with Crippen LogP contribution in [0.4, 0.5) is 0 Å². The summed E-state index contributed by atoms with van der Waals surface area (Å²) in [5.74, 6) is 0.709. The van der Waals surface area contributed by atoms with Gasteiger partial charge in [0.25, 0.3) is 5.91 Å². The number of nitrogens with one attached hydrogen (secondary N) is 1. The summed E-state index contributed by atoms with van der Waals surface area (Å²) in [7, 11) is 0. The number of ether oxygens (including phenoxy) is 1. The van der Waals surface area contributed by atoms with Crippen LogP contribution in [0.5, 0.6) is 5.75 Å². The van der Waals surface area contributed by atoms with Gasteiger partial charge in [-0.2, -0.15) is 5.10 Å². The summed E-state index contributed by atoms with van der Waals surface area (Å²) in [5, 5.41) is 6.42. The first-order valence-electron chi connectivity index (χ1n) is 9.75. The molecule has 1 aliphatic rings. The number of hydrogen-bond acceptors (Lipinski definition) is 4. The van der Waals surface area contributed by atoms with Gasteiger partial charge in [-0.1, -0.05) is 42.5 Å². The zero-order chi connectivity index (χ0) is 20.1. The van der Waals surface area contributed by atoms with Gasteiger partial charge >= 0.3 is 0 Å². The van der Waals surface area contributed by atoms with E-state index in [1.807, 2.05) is 42.5 Å². The highest BCUT2D eigenvalue weighted by Crippen LogP contribution is 2.21. The topological polar surface area (TPSA) is 67.8 Å². The average molecular weight is 386 g/mol. The van der Waals surface area contributed by atoms with Crippen molar-refractivity contribution >= 4 is 28.2 Å². The third-order valence-electron chi connectivity index (χ3n) is 4.98. The van der Waals surface area contributed by atoms with Crippen molar-refractivity contribution in [1.29, 1.82) is 0 Å². The highest BCUT2D eigenvalue weighted by atomic mass is 16.5. The molecule has 1 N–H and O–H groups in total. The van der Waals surface area contributed by atoms with E-state index >= 15 is 0 Å². The fourth-order valence-electron chi connectivity index (χ4n) is 3.36. The minimum atomic E-state index is -0.280. The summed E-state index contributed by atoms with van der Waals surface area (Å²) in [6.45, 7) is 0.421. The SMILES string of the molecule is O=C1CCCC(=NNC(=O)c2ccc(COc3ccc4ccccc4c3)cc2)C1. The lowest BCUT2D eigenvalue weighted by atomic mass is 9.97. The zero-order valence-corrected chi connectivity index (χ0v) is 16.1. The van der Waals surface area contributed by atoms with Crippen LogP contribution in [0.3, 0.4) is 0 Å². The van der Waals surface area contributed by atoms with E-state index in [-0.39, 0.29) is 11.7 Å². The molecule has 0 spiro atoms. The molecule has 3 aromatic carbocycles. The van der Waals surface area contributed by atoms with Crippen LogP contribution >= 0.6 is 0 Å². The Kier molecular flexibility index (Phi) is 5.66. The lowest BCUT2D eigenvalue weighted by Crippen LogP contribution is -2.22. The molecule has 0 unspecified atom stereocenters. The molecule has 0 saturated heterocycles. The molecule has 3 aromatic rings. The Balaban J connectivity index is 1.34. The van der Waals surface area contributed by atoms with E-state index in [1.54, 1.807) is 12.1 Å². The molecule has 5 nitrogen and oxygen atoms in total. The Labute approximate surface area is 169 Å². The molecule has 146 valence electrons. The molecule has 0 aromatic heterocycles. The molecule has 0 radical (unpaired) electrons. The molecule has 1 amide bonds. The van der Waals surface area contributed by atoms with Gasteiger partial charge < -0.3 is 4.74 Å². The van der Waals surface area contributed by atoms with Crippen molar-refractivity contribution in [3.8, 4) is 5.75 Å². The smallest absolute Gasteiger partial charge is 0.271 e. The van der Waals surface area contributed by atoms with E-state index in [2.05, 4.69) is 22.7 Å². The maximum absolute atomic E-state index is 12.2. The van der Waals surface area contributed by atoms with Gasteiger partial charge in [-0.15, -0.1) is 0 Å². The van der Waals surface area contributed by atoms with Crippen molar-refractivity contribution < 1.29 is 14.3 Å². The van der Waals surface area contributed by atoms with Crippen molar-refractivity contribution in [3.63, 3.8) is 0 Å². The van der Waals surface area contributed by atoms with E-state index < -0.39 is 0 Å². The fourth-order valence-corrected chi connectivity index (χ4v) is 3.36. The Morgan fingerprint density at radius 3 is 2.55 bits per heavy atom. The molecule has 29 heavy (non-hydrogen) atoms. The summed E-state index contributed by atoms with van der Waals surface area (Å²) >= 11 is 0. The summed E-state index contributed by atoms with van der Waals surface area (Å²) in [6, 6.07) is 21.4. The number of carbonyl (C=O) groups excluding carboxylic acids is 2. The number of fused-ring (bicyclic) bond motifs is 1. The zero-order valence-electron chi connectivity index (χ0n) is 16.1. The Hall–Kier alpha value is -3.47. The highest BCUT2D eigenvalue weighted by Gasteiger charge is 2.15. The molecule has 0 heterocycles. The molecule has 5 heteroatoms. The first-order chi connectivity index (χ1) is 14.2. The number of carbonyl (C=O) groups is 2. The maximum atomic E-state index is 12.2. The second kappa shape index (κ2) is 8.69. The number of amides is 1. The molecule has 0 aliphatic heterocycles. The normalized spacial score (nSPS) is 15.4. The van der Waals surface area contributed by atoms with E-state index in [9.17, 15) is 9.59 Å². The van der Waals surface area contributed by atoms with E-state index in [4.69, 9.17) is 4.74 Å². The van der Waals surface area contributed by atoms with Crippen LogP contribution in [0.15, 0.2) is 71.8 Å². The molecule has 1 saturated carbocycles. The number of rotatable bonds is 5. The second-order valence-corrected chi connectivity index (χ2v) is 7.18. The fraction of sp³-hybridized carbons (Fsp3) is 0.208. The summed E-state index contributed by atoms with van der Waals surface area (Å²) < 4.78 is 5.88. The van der Waals surface area contributed by atoms with E-state index in [0.717, 1.165) is 35.3 Å². The van der Waals surface area contributed by atoms with Crippen molar-refractivity contribution in [3.05, 3.63) is 77.9 Å². The Bertz CT molecular complexity index is 1070. The lowest BCUT2D eigenvalue weighted by molar-refractivity contribution is -0.118. The molecule has 1 aliphatic carbocycles. The lowest BCUT2D eigenvalue weighted by Gasteiger charge is -2.11. The van der Waals surface area contributed by atoms with Crippen LogP contribution in [0.25, 0.3) is 10.8 Å². The maximum Gasteiger partial charge on any atom is 0.271 e. The van der Waals surface area contributed by atoms with Crippen LogP contribution in [-0.4, -0.2) is 17.4 Å². The quantitative estimate of drug-likeness (QED) is 0.649. The molecular formula is C24H22N2O3. The van der Waals surface area contributed by atoms with Crippen molar-refractivity contribution in [2.24, 2.45) is 5.10 Å². The third-order valence-corrected chi connectivity index (χ3v) is 4.98. The van der Waals surface area contributed by atoms with Crippen molar-refractivity contribution in [2.75, 3.05) is 0 Å². The molecule has 0 atom stereocenters. The molecule has 0 bridgehead atoms. The van der Waals surface area contributed by atoms with Crippen LogP contribution in [0.2, 0.25) is 0 Å². The van der Waals surface area contributed by atoms with Crippen molar-refractivity contribution in [1.82, 2.24) is 5.43 Å². The van der Waals surface area contributed by atoms with Crippen molar-refractivity contribution in [2.45, 2.75) is 32.3 Å². The number of ketones is 1. The monoisotopic (exact) mass is 386 g/mol. The number of nitrogens with zero attached hydrogens (tertiary/aromatic N) is 1. The Morgan fingerprint density at radius 2 is 1.76 bits per heavy atom. The van der Waals surface area contributed by atoms with E-state index in [0.29, 0.717) is 25.0 Å².